The number of fused-ring (bicyclic) bond motifs is 10. The monoisotopic (exact) mass is 712 g/mol. The number of hydrogen-bond acceptors (Lipinski definition) is 2. The third-order valence-corrected chi connectivity index (χ3v) is 11.7. The van der Waals surface area contributed by atoms with Crippen molar-refractivity contribution in [2.45, 2.75) is 0 Å². The molecule has 0 saturated carbocycles. The Balaban J connectivity index is 1.06. The second kappa shape index (κ2) is 12.0. The van der Waals surface area contributed by atoms with Crippen LogP contribution in [0.3, 0.4) is 0 Å². The van der Waals surface area contributed by atoms with Crippen LogP contribution in [0.2, 0.25) is 0 Å². The van der Waals surface area contributed by atoms with Crippen LogP contribution in [0.4, 0.5) is 0 Å². The minimum Gasteiger partial charge on any atom is -0.455 e. The summed E-state index contributed by atoms with van der Waals surface area (Å²) in [7, 11) is 0. The fourth-order valence-corrected chi connectivity index (χ4v) is 9.17. The minimum atomic E-state index is 0.872. The molecule has 2 nitrogen and oxygen atoms in total. The van der Waals surface area contributed by atoms with Crippen LogP contribution >= 0.6 is 0 Å². The maximum Gasteiger partial charge on any atom is 0.143 e. The third kappa shape index (κ3) is 4.57. The minimum absolute atomic E-state index is 0.872. The first-order chi connectivity index (χ1) is 27.8. The molecule has 0 atom stereocenters. The van der Waals surface area contributed by atoms with Gasteiger partial charge in [-0.25, -0.2) is 0 Å². The van der Waals surface area contributed by atoms with Crippen LogP contribution in [-0.2, 0) is 0 Å². The Kier molecular flexibility index (Phi) is 6.66. The predicted molar refractivity (Wildman–Crippen MR) is 235 cm³/mol. The van der Waals surface area contributed by atoms with E-state index in [1.807, 2.05) is 0 Å². The van der Waals surface area contributed by atoms with Gasteiger partial charge in [-0.05, 0) is 96.0 Å². The highest BCUT2D eigenvalue weighted by Crippen LogP contribution is 2.48. The molecule has 0 saturated heterocycles. The highest BCUT2D eigenvalue weighted by Gasteiger charge is 2.21. The first kappa shape index (κ1) is 31.0. The van der Waals surface area contributed by atoms with Crippen molar-refractivity contribution in [3.05, 3.63) is 194 Å². The Morgan fingerprint density at radius 3 is 1.66 bits per heavy atom. The molecule has 0 unspecified atom stereocenters. The molecule has 0 N–H and O–H groups in total. The van der Waals surface area contributed by atoms with Crippen molar-refractivity contribution in [2.24, 2.45) is 0 Å². The van der Waals surface area contributed by atoms with Crippen LogP contribution < -0.4 is 0 Å². The lowest BCUT2D eigenvalue weighted by atomic mass is 9.84. The summed E-state index contributed by atoms with van der Waals surface area (Å²) >= 11 is 0. The van der Waals surface area contributed by atoms with Gasteiger partial charge in [0.05, 0.1) is 0 Å². The van der Waals surface area contributed by atoms with Gasteiger partial charge in [-0.15, -0.1) is 0 Å². The van der Waals surface area contributed by atoms with Crippen LogP contribution in [0.15, 0.2) is 203 Å². The lowest BCUT2D eigenvalue weighted by Crippen LogP contribution is -1.91. The van der Waals surface area contributed by atoms with Gasteiger partial charge in [0.2, 0.25) is 0 Å². The van der Waals surface area contributed by atoms with Crippen molar-refractivity contribution in [2.75, 3.05) is 0 Å². The molecule has 12 rings (SSSR count). The summed E-state index contributed by atoms with van der Waals surface area (Å²) in [5.41, 5.74) is 11.0. The van der Waals surface area contributed by atoms with E-state index in [0.717, 1.165) is 66.0 Å². The zero-order chi connectivity index (χ0) is 36.7. The summed E-state index contributed by atoms with van der Waals surface area (Å²) in [5, 5.41) is 12.8. The highest BCUT2D eigenvalue weighted by atomic mass is 16.3. The second-order valence-corrected chi connectivity index (χ2v) is 14.7. The van der Waals surface area contributed by atoms with Crippen LogP contribution in [0.25, 0.3) is 121 Å². The second-order valence-electron chi connectivity index (χ2n) is 14.7. The SMILES string of the molecule is c1ccc(-c2ccccc2-c2cc3ccc4cc(-c5c6ccccc6c(-c6cccc7oc8c9ccccc9ccc8c67)c6ccccc56)ccc4c3o2)cc1. The third-order valence-electron chi connectivity index (χ3n) is 11.7. The summed E-state index contributed by atoms with van der Waals surface area (Å²) < 4.78 is 13.4. The molecule has 2 heteroatoms. The van der Waals surface area contributed by atoms with Crippen molar-refractivity contribution in [1.29, 1.82) is 0 Å². The Morgan fingerprint density at radius 2 is 0.875 bits per heavy atom. The standard InChI is InChI=1S/C54H32O2/c1-2-13-33(14-3-1)38-16-6-7-18-41(38)49-32-37-26-25-35-31-36(28-29-40(35)53(37)56-49)50-42-19-8-10-21-44(42)51(45-22-11-9-20-43(45)50)46-23-12-24-48-52(46)47-30-27-34-15-4-5-17-39(34)54(47)55-48/h1-32H. The number of benzene rings is 10. The van der Waals surface area contributed by atoms with Crippen molar-refractivity contribution >= 4 is 76.0 Å². The fourth-order valence-electron chi connectivity index (χ4n) is 9.17. The maximum atomic E-state index is 6.76. The normalized spacial score (nSPS) is 11.9. The summed E-state index contributed by atoms with van der Waals surface area (Å²) in [6.07, 6.45) is 0. The zero-order valence-corrected chi connectivity index (χ0v) is 30.3. The van der Waals surface area contributed by atoms with Gasteiger partial charge in [0, 0.05) is 32.5 Å². The van der Waals surface area contributed by atoms with E-state index in [2.05, 4.69) is 194 Å². The van der Waals surface area contributed by atoms with Gasteiger partial charge >= 0.3 is 0 Å². The molecule has 10 aromatic carbocycles. The number of hydrogen-bond donors (Lipinski definition) is 0. The van der Waals surface area contributed by atoms with Crippen molar-refractivity contribution in [3.63, 3.8) is 0 Å². The molecule has 0 bridgehead atoms. The average Bonchev–Trinajstić information content (AvgIpc) is 3.88. The molecule has 0 fully saturated rings. The van der Waals surface area contributed by atoms with E-state index in [-0.39, 0.29) is 0 Å². The van der Waals surface area contributed by atoms with E-state index in [1.54, 1.807) is 0 Å². The quantitative estimate of drug-likeness (QED) is 0.170. The Hall–Kier alpha value is -7.42. The molecule has 0 aliphatic rings. The fraction of sp³-hybridized carbons (Fsp3) is 0. The number of rotatable bonds is 4. The molecule has 0 radical (unpaired) electrons. The molecular weight excluding hydrogens is 681 g/mol. The molecule has 0 aliphatic carbocycles. The van der Waals surface area contributed by atoms with Gasteiger partial charge in [0.15, 0.2) is 0 Å². The van der Waals surface area contributed by atoms with E-state index < -0.39 is 0 Å². The molecule has 56 heavy (non-hydrogen) atoms. The molecular formula is C54H32O2. The lowest BCUT2D eigenvalue weighted by Gasteiger charge is -2.18. The van der Waals surface area contributed by atoms with Gasteiger partial charge < -0.3 is 8.83 Å². The molecule has 2 aromatic heterocycles. The molecule has 0 amide bonds. The predicted octanol–water partition coefficient (Wildman–Crippen LogP) is 15.6. The van der Waals surface area contributed by atoms with Gasteiger partial charge in [0.1, 0.15) is 22.5 Å². The molecule has 0 spiro atoms. The van der Waals surface area contributed by atoms with Crippen molar-refractivity contribution < 1.29 is 8.83 Å². The van der Waals surface area contributed by atoms with Gasteiger partial charge in [-0.1, -0.05) is 164 Å². The molecule has 0 aliphatic heterocycles. The van der Waals surface area contributed by atoms with E-state index in [4.69, 9.17) is 8.83 Å². The average molecular weight is 713 g/mol. The van der Waals surface area contributed by atoms with Gasteiger partial charge in [0.25, 0.3) is 0 Å². The first-order valence-electron chi connectivity index (χ1n) is 19.2. The smallest absolute Gasteiger partial charge is 0.143 e. The maximum absolute atomic E-state index is 6.76. The molecule has 12 aromatic rings. The van der Waals surface area contributed by atoms with Gasteiger partial charge in [-0.3, -0.25) is 0 Å². The van der Waals surface area contributed by atoms with Crippen LogP contribution in [0.5, 0.6) is 0 Å². The van der Waals surface area contributed by atoms with E-state index >= 15 is 0 Å². The highest BCUT2D eigenvalue weighted by molar-refractivity contribution is 6.27. The summed E-state index contributed by atoms with van der Waals surface area (Å²) in [6.45, 7) is 0. The molecule has 2 heterocycles. The summed E-state index contributed by atoms with van der Waals surface area (Å²) in [5.74, 6) is 0.872. The van der Waals surface area contributed by atoms with Crippen LogP contribution in [0, 0.1) is 0 Å². The van der Waals surface area contributed by atoms with Crippen LogP contribution in [0.1, 0.15) is 0 Å². The van der Waals surface area contributed by atoms with Crippen molar-refractivity contribution in [1.82, 2.24) is 0 Å². The van der Waals surface area contributed by atoms with Crippen molar-refractivity contribution in [3.8, 4) is 44.7 Å². The Morgan fingerprint density at radius 1 is 0.286 bits per heavy atom. The lowest BCUT2D eigenvalue weighted by molar-refractivity contribution is 0.635. The largest absolute Gasteiger partial charge is 0.455 e. The molecule has 260 valence electrons. The topological polar surface area (TPSA) is 26.3 Å². The van der Waals surface area contributed by atoms with Crippen LogP contribution in [-0.4, -0.2) is 0 Å². The van der Waals surface area contributed by atoms with E-state index in [0.29, 0.717) is 0 Å². The Labute approximate surface area is 322 Å². The first-order valence-corrected chi connectivity index (χ1v) is 19.2. The summed E-state index contributed by atoms with van der Waals surface area (Å²) in [4.78, 5) is 0. The summed E-state index contributed by atoms with van der Waals surface area (Å²) in [6, 6.07) is 69.6. The Bertz CT molecular complexity index is 3470. The van der Waals surface area contributed by atoms with E-state index in [1.165, 1.54) is 54.7 Å². The number of furan rings is 2. The zero-order valence-electron chi connectivity index (χ0n) is 30.3. The van der Waals surface area contributed by atoms with E-state index in [9.17, 15) is 0 Å². The van der Waals surface area contributed by atoms with Gasteiger partial charge in [-0.2, -0.15) is 0 Å².